The molecular weight excluding hydrogens is 121 g/mol. The summed E-state index contributed by atoms with van der Waals surface area (Å²) in [6.45, 7) is 0. The van der Waals surface area contributed by atoms with E-state index in [1.54, 1.807) is 0 Å². The Hall–Kier alpha value is -0.540. The predicted molar refractivity (Wildman–Crippen MR) is 21.7 cm³/mol. The lowest BCUT2D eigenvalue weighted by Crippen LogP contribution is -1.54. The van der Waals surface area contributed by atoms with Gasteiger partial charge < -0.3 is 0 Å². The largest absolute Gasteiger partial charge is 0.483 e. The predicted octanol–water partition coefficient (Wildman–Crippen LogP) is 2.16. The van der Waals surface area contributed by atoms with Crippen molar-refractivity contribution in [1.29, 1.82) is 0 Å². The molecule has 0 atom stereocenters. The highest BCUT2D eigenvalue weighted by Gasteiger charge is 2.18. The molecule has 4 heteroatoms. The Kier molecular flexibility index (Phi) is 3.23. The van der Waals surface area contributed by atoms with E-state index in [2.05, 4.69) is 0 Å². The van der Waals surface area contributed by atoms with Crippen LogP contribution < -0.4 is 0 Å². The van der Waals surface area contributed by atoms with Crippen LogP contribution in [0, 0.1) is 0 Å². The van der Waals surface area contributed by atoms with Gasteiger partial charge in [0.15, 0.2) is 0 Å². The minimum atomic E-state index is -2.83. The van der Waals surface area contributed by atoms with Gasteiger partial charge in [-0.15, -0.1) is 8.78 Å². The van der Waals surface area contributed by atoms with E-state index in [0.717, 1.165) is 12.8 Å². The van der Waals surface area contributed by atoms with Crippen molar-refractivity contribution in [3.8, 4) is 0 Å². The second-order valence-corrected chi connectivity index (χ2v) is 1.40. The number of alkyl halides is 1. The lowest BCUT2D eigenvalue weighted by atomic mass is 10.9. The topological polar surface area (TPSA) is 17.1 Å². The highest BCUT2D eigenvalue weighted by atomic mass is 19.3. The summed E-state index contributed by atoms with van der Waals surface area (Å²) >= 11 is 0. The molecule has 0 N–H and O–H groups in total. The van der Waals surface area contributed by atoms with Gasteiger partial charge in [0.25, 0.3) is 0 Å². The minimum absolute atomic E-state index is 0.417. The van der Waals surface area contributed by atoms with Gasteiger partial charge in [-0.25, -0.2) is 9.18 Å². The molecule has 0 amide bonds. The summed E-state index contributed by atoms with van der Waals surface area (Å²) in [6, 6.07) is 0. The third-order valence-corrected chi connectivity index (χ3v) is 0.507. The molecule has 1 nitrogen and oxygen atoms in total. The molecule has 0 aromatic carbocycles. The Balaban J connectivity index is 0.000000122. The summed E-state index contributed by atoms with van der Waals surface area (Å²) in [6.07, 6.45) is -1.61. The zero-order valence-electron chi connectivity index (χ0n) is 4.03. The SMILES string of the molecule is FC1CC1.O=C(F)F. The van der Waals surface area contributed by atoms with Gasteiger partial charge in [-0.05, 0) is 12.8 Å². The van der Waals surface area contributed by atoms with Gasteiger partial charge in [0.05, 0.1) is 0 Å². The van der Waals surface area contributed by atoms with Gasteiger partial charge in [0, 0.05) is 0 Å². The van der Waals surface area contributed by atoms with Gasteiger partial charge in [-0.3, -0.25) is 0 Å². The van der Waals surface area contributed by atoms with Gasteiger partial charge in [-0.1, -0.05) is 0 Å². The third kappa shape index (κ3) is 17.9. The summed E-state index contributed by atoms with van der Waals surface area (Å²) in [5, 5.41) is 0. The second kappa shape index (κ2) is 3.46. The fourth-order valence-corrected chi connectivity index (χ4v) is 0.0630. The highest BCUT2D eigenvalue weighted by Crippen LogP contribution is 2.22. The van der Waals surface area contributed by atoms with Crippen molar-refractivity contribution in [3.63, 3.8) is 0 Å². The fraction of sp³-hybridized carbons (Fsp3) is 0.750. The quantitative estimate of drug-likeness (QED) is 0.454. The van der Waals surface area contributed by atoms with E-state index in [0.29, 0.717) is 0 Å². The molecule has 1 fully saturated rings. The average Bonchev–Trinajstić information content (AvgIpc) is 2.19. The summed E-state index contributed by atoms with van der Waals surface area (Å²) in [7, 11) is 0. The van der Waals surface area contributed by atoms with Crippen molar-refractivity contribution < 1.29 is 18.0 Å². The van der Waals surface area contributed by atoms with E-state index in [1.165, 1.54) is 0 Å². The molecule has 0 unspecified atom stereocenters. The van der Waals surface area contributed by atoms with E-state index in [1.807, 2.05) is 0 Å². The Labute approximate surface area is 44.5 Å². The monoisotopic (exact) mass is 126 g/mol. The van der Waals surface area contributed by atoms with Crippen molar-refractivity contribution in [3.05, 3.63) is 0 Å². The maximum absolute atomic E-state index is 11.1. The molecule has 1 saturated carbocycles. The van der Waals surface area contributed by atoms with Crippen molar-refractivity contribution in [2.24, 2.45) is 0 Å². The Morgan fingerprint density at radius 2 is 1.50 bits per heavy atom. The third-order valence-electron chi connectivity index (χ3n) is 0.507. The summed E-state index contributed by atoms with van der Waals surface area (Å²) in [4.78, 5) is 8.11. The van der Waals surface area contributed by atoms with Gasteiger partial charge in [0.1, 0.15) is 6.17 Å². The van der Waals surface area contributed by atoms with E-state index >= 15 is 0 Å². The Morgan fingerprint density at radius 3 is 1.50 bits per heavy atom. The summed E-state index contributed by atoms with van der Waals surface area (Å²) in [5.74, 6) is 0. The first kappa shape index (κ1) is 7.46. The molecule has 0 spiro atoms. The molecule has 0 bridgehead atoms. The zero-order valence-corrected chi connectivity index (χ0v) is 4.03. The molecule has 0 aromatic rings. The van der Waals surface area contributed by atoms with Crippen LogP contribution in [0.1, 0.15) is 12.8 Å². The van der Waals surface area contributed by atoms with Crippen LogP contribution >= 0.6 is 0 Å². The first-order chi connectivity index (χ1) is 3.63. The molecule has 0 aromatic heterocycles. The smallest absolute Gasteiger partial charge is 0.247 e. The lowest BCUT2D eigenvalue weighted by Gasteiger charge is -1.50. The van der Waals surface area contributed by atoms with Crippen LogP contribution in [0.2, 0.25) is 0 Å². The maximum atomic E-state index is 11.1. The first-order valence-corrected chi connectivity index (χ1v) is 2.12. The molecule has 48 valence electrons. The number of carbonyl (C=O) groups is 1. The molecule has 1 aliphatic rings. The minimum Gasteiger partial charge on any atom is -0.247 e. The van der Waals surface area contributed by atoms with Crippen LogP contribution in [0.25, 0.3) is 0 Å². The van der Waals surface area contributed by atoms with Crippen LogP contribution in [0.4, 0.5) is 18.0 Å². The van der Waals surface area contributed by atoms with Crippen LogP contribution in [-0.4, -0.2) is 12.5 Å². The Morgan fingerprint density at radius 1 is 1.38 bits per heavy atom. The van der Waals surface area contributed by atoms with Crippen LogP contribution in [-0.2, 0) is 0 Å². The zero-order chi connectivity index (χ0) is 6.57. The highest BCUT2D eigenvalue weighted by molar-refractivity contribution is 5.55. The van der Waals surface area contributed by atoms with E-state index in [9.17, 15) is 13.2 Å². The lowest BCUT2D eigenvalue weighted by molar-refractivity contribution is 0.199. The van der Waals surface area contributed by atoms with Gasteiger partial charge in [0.2, 0.25) is 0 Å². The van der Waals surface area contributed by atoms with Crippen LogP contribution in [0.5, 0.6) is 0 Å². The molecule has 8 heavy (non-hydrogen) atoms. The maximum Gasteiger partial charge on any atom is 0.483 e. The first-order valence-electron chi connectivity index (χ1n) is 2.12. The van der Waals surface area contributed by atoms with Crippen molar-refractivity contribution in [2.45, 2.75) is 19.0 Å². The van der Waals surface area contributed by atoms with Crippen LogP contribution in [0.15, 0.2) is 0 Å². The molecule has 1 aliphatic carbocycles. The molecule has 0 radical (unpaired) electrons. The fourth-order valence-electron chi connectivity index (χ4n) is 0.0630. The normalized spacial score (nSPS) is 16.4. The van der Waals surface area contributed by atoms with Crippen LogP contribution in [0.3, 0.4) is 0 Å². The Bertz CT molecular complexity index is 75.4. The van der Waals surface area contributed by atoms with Crippen molar-refractivity contribution >= 4 is 6.29 Å². The number of rotatable bonds is 0. The van der Waals surface area contributed by atoms with E-state index in [4.69, 9.17) is 4.79 Å². The van der Waals surface area contributed by atoms with Crippen molar-refractivity contribution in [1.82, 2.24) is 0 Å². The van der Waals surface area contributed by atoms with E-state index < -0.39 is 12.5 Å². The number of halogens is 3. The summed E-state index contributed by atoms with van der Waals surface area (Å²) < 4.78 is 30.5. The molecule has 0 heterocycles. The molecule has 0 aliphatic heterocycles. The number of carbonyl (C=O) groups excluding carboxylic acids is 1. The number of hydrogen-bond acceptors (Lipinski definition) is 1. The number of hydrogen-bond donors (Lipinski definition) is 0. The molecule has 0 saturated heterocycles. The molecular formula is C4H5F3O. The molecule has 1 rings (SSSR count). The summed E-state index contributed by atoms with van der Waals surface area (Å²) in [5.41, 5.74) is 0. The van der Waals surface area contributed by atoms with Gasteiger partial charge in [-0.2, -0.15) is 0 Å². The second-order valence-electron chi connectivity index (χ2n) is 1.40. The average molecular weight is 126 g/mol. The van der Waals surface area contributed by atoms with Gasteiger partial charge >= 0.3 is 6.29 Å². The standard InChI is InChI=1S/C3H5F.CF2O/c4-3-1-2-3;2-1(3)4/h3H,1-2H2;. The van der Waals surface area contributed by atoms with E-state index in [-0.39, 0.29) is 0 Å². The van der Waals surface area contributed by atoms with Crippen molar-refractivity contribution in [2.75, 3.05) is 0 Å².